The fourth-order valence-corrected chi connectivity index (χ4v) is 2.82. The summed E-state index contributed by atoms with van der Waals surface area (Å²) in [6, 6.07) is 6.36. The van der Waals surface area contributed by atoms with Crippen LogP contribution in [0.4, 0.5) is 4.79 Å². The van der Waals surface area contributed by atoms with Crippen molar-refractivity contribution in [1.82, 2.24) is 9.80 Å². The molecule has 2 amide bonds. The monoisotopic (exact) mass is 376 g/mol. The Balaban J connectivity index is 1.88. The van der Waals surface area contributed by atoms with Crippen molar-refractivity contribution in [2.24, 2.45) is 5.41 Å². The smallest absolute Gasteiger partial charge is 0.434 e. The summed E-state index contributed by atoms with van der Waals surface area (Å²) in [6.07, 6.45) is -0.268. The summed E-state index contributed by atoms with van der Waals surface area (Å²) in [6.45, 7) is 10.2. The average Bonchev–Trinajstić information content (AvgIpc) is 2.60. The van der Waals surface area contributed by atoms with Gasteiger partial charge in [-0.15, -0.1) is 0 Å². The molecule has 1 aromatic rings. The number of carbonyl (C=O) groups is 3. The molecule has 0 bridgehead atoms. The van der Waals surface area contributed by atoms with E-state index in [0.717, 1.165) is 0 Å². The molecule has 1 fully saturated rings. The Bertz CT molecular complexity index is 671. The fraction of sp³-hybridized carbons (Fsp3) is 0.550. The highest BCUT2D eigenvalue weighted by Gasteiger charge is 2.27. The van der Waals surface area contributed by atoms with Gasteiger partial charge in [0.15, 0.2) is 0 Å². The summed E-state index contributed by atoms with van der Waals surface area (Å²) in [5.41, 5.74) is 0.470. The number of carbonyl (C=O) groups excluding carboxylic acids is 3. The Kier molecular flexibility index (Phi) is 6.82. The number of benzene rings is 1. The van der Waals surface area contributed by atoms with E-state index in [9.17, 15) is 14.4 Å². The minimum absolute atomic E-state index is 0.0442. The standard InChI is InChI=1S/C20H28N2O5/c1-5-26-19(25)27-16-8-6-15(7-9-16)18(24)22-12-10-21(11-13-22)17(23)14-20(2,3)4/h6-9H,5,10-14H2,1-4H3. The van der Waals surface area contributed by atoms with E-state index in [0.29, 0.717) is 43.9 Å². The number of nitrogens with zero attached hydrogens (tertiary/aromatic N) is 2. The fourth-order valence-electron chi connectivity index (χ4n) is 2.82. The second-order valence-electron chi connectivity index (χ2n) is 7.72. The van der Waals surface area contributed by atoms with Crippen molar-refractivity contribution in [3.05, 3.63) is 29.8 Å². The van der Waals surface area contributed by atoms with Crippen LogP contribution in [0, 0.1) is 5.41 Å². The van der Waals surface area contributed by atoms with Crippen LogP contribution >= 0.6 is 0 Å². The molecular weight excluding hydrogens is 348 g/mol. The molecule has 0 aromatic heterocycles. The molecule has 0 spiro atoms. The van der Waals surface area contributed by atoms with Gasteiger partial charge in [0.2, 0.25) is 5.91 Å². The van der Waals surface area contributed by atoms with Crippen LogP contribution in [0.5, 0.6) is 5.75 Å². The molecule has 1 heterocycles. The van der Waals surface area contributed by atoms with Gasteiger partial charge in [-0.25, -0.2) is 4.79 Å². The van der Waals surface area contributed by atoms with Gasteiger partial charge in [-0.05, 0) is 36.6 Å². The summed E-state index contributed by atoms with van der Waals surface area (Å²) >= 11 is 0. The van der Waals surface area contributed by atoms with Gasteiger partial charge >= 0.3 is 6.16 Å². The van der Waals surface area contributed by atoms with E-state index in [1.165, 1.54) is 0 Å². The zero-order valence-corrected chi connectivity index (χ0v) is 16.5. The molecule has 1 aromatic carbocycles. The topological polar surface area (TPSA) is 76.2 Å². The lowest BCUT2D eigenvalue weighted by Gasteiger charge is -2.36. The first-order valence-corrected chi connectivity index (χ1v) is 9.21. The van der Waals surface area contributed by atoms with E-state index >= 15 is 0 Å². The molecule has 1 aliphatic heterocycles. The van der Waals surface area contributed by atoms with Crippen LogP contribution in [0.3, 0.4) is 0 Å². The van der Waals surface area contributed by atoms with Crippen LogP contribution in [0.2, 0.25) is 0 Å². The van der Waals surface area contributed by atoms with Gasteiger partial charge < -0.3 is 19.3 Å². The normalized spacial score (nSPS) is 14.7. The van der Waals surface area contributed by atoms with E-state index in [1.807, 2.05) is 25.7 Å². The summed E-state index contributed by atoms with van der Waals surface area (Å²) in [5.74, 6) is 0.360. The van der Waals surface area contributed by atoms with Crippen LogP contribution in [0.1, 0.15) is 44.5 Å². The van der Waals surface area contributed by atoms with E-state index < -0.39 is 6.16 Å². The van der Waals surface area contributed by atoms with Gasteiger partial charge in [0, 0.05) is 38.2 Å². The Morgan fingerprint density at radius 1 is 0.963 bits per heavy atom. The predicted molar refractivity (Wildman–Crippen MR) is 101 cm³/mol. The minimum Gasteiger partial charge on any atom is -0.434 e. The van der Waals surface area contributed by atoms with Gasteiger partial charge in [0.25, 0.3) is 5.91 Å². The van der Waals surface area contributed by atoms with Gasteiger partial charge in [-0.3, -0.25) is 9.59 Å². The lowest BCUT2D eigenvalue weighted by atomic mass is 9.91. The average molecular weight is 376 g/mol. The lowest BCUT2D eigenvalue weighted by molar-refractivity contribution is -0.134. The number of hydrogen-bond donors (Lipinski definition) is 0. The highest BCUT2D eigenvalue weighted by molar-refractivity contribution is 5.94. The minimum atomic E-state index is -0.771. The third kappa shape index (κ3) is 6.27. The van der Waals surface area contributed by atoms with Crippen LogP contribution in [-0.2, 0) is 9.53 Å². The SMILES string of the molecule is CCOC(=O)Oc1ccc(C(=O)N2CCN(C(=O)CC(C)(C)C)CC2)cc1. The van der Waals surface area contributed by atoms with Crippen molar-refractivity contribution < 1.29 is 23.9 Å². The van der Waals surface area contributed by atoms with Gasteiger partial charge in [-0.1, -0.05) is 20.8 Å². The van der Waals surface area contributed by atoms with Gasteiger partial charge in [0.1, 0.15) is 5.75 Å². The summed E-state index contributed by atoms with van der Waals surface area (Å²) in [5, 5.41) is 0. The molecule has 7 nitrogen and oxygen atoms in total. The Hall–Kier alpha value is -2.57. The largest absolute Gasteiger partial charge is 0.513 e. The Labute approximate surface area is 160 Å². The molecule has 2 rings (SSSR count). The maximum absolute atomic E-state index is 12.6. The highest BCUT2D eigenvalue weighted by Crippen LogP contribution is 2.21. The molecule has 1 saturated heterocycles. The molecule has 1 aliphatic rings. The zero-order valence-electron chi connectivity index (χ0n) is 16.5. The summed E-state index contributed by atoms with van der Waals surface area (Å²) in [7, 11) is 0. The molecule has 0 saturated carbocycles. The van der Waals surface area contributed by atoms with E-state index in [1.54, 1.807) is 36.1 Å². The first-order chi connectivity index (χ1) is 12.7. The summed E-state index contributed by atoms with van der Waals surface area (Å²) in [4.78, 5) is 39.8. The highest BCUT2D eigenvalue weighted by atomic mass is 16.7. The van der Waals surface area contributed by atoms with Crippen LogP contribution in [0.15, 0.2) is 24.3 Å². The van der Waals surface area contributed by atoms with Crippen LogP contribution in [0.25, 0.3) is 0 Å². The molecule has 148 valence electrons. The van der Waals surface area contributed by atoms with Gasteiger partial charge in [-0.2, -0.15) is 0 Å². The molecule has 0 unspecified atom stereocenters. The second kappa shape index (κ2) is 8.88. The summed E-state index contributed by atoms with van der Waals surface area (Å²) < 4.78 is 9.69. The van der Waals surface area contributed by atoms with E-state index in [2.05, 4.69) is 0 Å². The number of ether oxygens (including phenoxy) is 2. The molecule has 27 heavy (non-hydrogen) atoms. The first-order valence-electron chi connectivity index (χ1n) is 9.21. The van der Waals surface area contributed by atoms with Gasteiger partial charge in [0.05, 0.1) is 6.61 Å². The van der Waals surface area contributed by atoms with Crippen molar-refractivity contribution >= 4 is 18.0 Å². The van der Waals surface area contributed by atoms with Crippen LogP contribution < -0.4 is 4.74 Å². The molecule has 0 atom stereocenters. The molecule has 0 aliphatic carbocycles. The quantitative estimate of drug-likeness (QED) is 0.596. The van der Waals surface area contributed by atoms with Crippen molar-refractivity contribution in [2.45, 2.75) is 34.1 Å². The number of amides is 2. The van der Waals surface area contributed by atoms with Crippen molar-refractivity contribution in [1.29, 1.82) is 0 Å². The van der Waals surface area contributed by atoms with Crippen molar-refractivity contribution in [2.75, 3.05) is 32.8 Å². The second-order valence-corrected chi connectivity index (χ2v) is 7.72. The number of hydrogen-bond acceptors (Lipinski definition) is 5. The van der Waals surface area contributed by atoms with Crippen molar-refractivity contribution in [3.8, 4) is 5.75 Å². The third-order valence-electron chi connectivity index (χ3n) is 4.17. The maximum atomic E-state index is 12.6. The van der Waals surface area contributed by atoms with E-state index in [-0.39, 0.29) is 23.8 Å². The molecular formula is C20H28N2O5. The number of rotatable bonds is 4. The number of piperazine rings is 1. The molecule has 0 radical (unpaired) electrons. The molecule has 7 heteroatoms. The lowest BCUT2D eigenvalue weighted by Crippen LogP contribution is -2.51. The predicted octanol–water partition coefficient (Wildman–Crippen LogP) is 2.94. The third-order valence-corrected chi connectivity index (χ3v) is 4.17. The van der Waals surface area contributed by atoms with E-state index in [4.69, 9.17) is 9.47 Å². The van der Waals surface area contributed by atoms with Crippen molar-refractivity contribution in [3.63, 3.8) is 0 Å². The van der Waals surface area contributed by atoms with Crippen LogP contribution in [-0.4, -0.2) is 60.6 Å². The Morgan fingerprint density at radius 2 is 1.52 bits per heavy atom. The molecule has 0 N–H and O–H groups in total. The zero-order chi connectivity index (χ0) is 20.0. The Morgan fingerprint density at radius 3 is 2.04 bits per heavy atom. The first kappa shape index (κ1) is 20.7. The maximum Gasteiger partial charge on any atom is 0.513 e.